The molecule has 5 heteroatoms. The van der Waals surface area contributed by atoms with Gasteiger partial charge in [0.15, 0.2) is 5.78 Å². The number of amides is 1. The molecule has 2 N–H and O–H groups in total. The molecular weight excluding hydrogens is 372 g/mol. The first-order valence-electron chi connectivity index (χ1n) is 9.79. The van der Waals surface area contributed by atoms with E-state index in [0.717, 1.165) is 12.8 Å². The van der Waals surface area contributed by atoms with Gasteiger partial charge in [-0.25, -0.2) is 0 Å². The van der Waals surface area contributed by atoms with Crippen LogP contribution >= 0.6 is 12.4 Å². The van der Waals surface area contributed by atoms with E-state index in [1.807, 2.05) is 42.5 Å². The SMILES string of the molecule is CCCc1ccc(C(=O)CCC(=O)N2C[C@@H](N)[C@H](c3ccccc3)C2)cc1.Cl. The molecule has 0 aliphatic carbocycles. The van der Waals surface area contributed by atoms with Crippen LogP contribution in [0.1, 0.15) is 53.6 Å². The lowest BCUT2D eigenvalue weighted by atomic mass is 9.95. The van der Waals surface area contributed by atoms with Crippen LogP contribution < -0.4 is 5.73 Å². The van der Waals surface area contributed by atoms with Gasteiger partial charge in [-0.2, -0.15) is 0 Å². The van der Waals surface area contributed by atoms with Crippen molar-refractivity contribution in [3.8, 4) is 0 Å². The van der Waals surface area contributed by atoms with Crippen molar-refractivity contribution in [1.29, 1.82) is 0 Å². The predicted molar refractivity (Wildman–Crippen MR) is 115 cm³/mol. The fourth-order valence-electron chi connectivity index (χ4n) is 3.75. The minimum Gasteiger partial charge on any atom is -0.340 e. The first-order valence-corrected chi connectivity index (χ1v) is 9.79. The number of hydrogen-bond acceptors (Lipinski definition) is 3. The molecule has 1 fully saturated rings. The second-order valence-corrected chi connectivity index (χ2v) is 7.35. The number of halogens is 1. The lowest BCUT2D eigenvalue weighted by molar-refractivity contribution is -0.130. The molecule has 150 valence electrons. The van der Waals surface area contributed by atoms with Crippen molar-refractivity contribution < 1.29 is 9.59 Å². The Morgan fingerprint density at radius 1 is 1.00 bits per heavy atom. The Morgan fingerprint density at radius 3 is 2.32 bits per heavy atom. The average molecular weight is 401 g/mol. The fraction of sp³-hybridized carbons (Fsp3) is 0.391. The summed E-state index contributed by atoms with van der Waals surface area (Å²) in [6.45, 7) is 3.32. The van der Waals surface area contributed by atoms with Crippen molar-refractivity contribution in [2.45, 2.75) is 44.6 Å². The first-order chi connectivity index (χ1) is 13.1. The molecule has 1 saturated heterocycles. The third-order valence-electron chi connectivity index (χ3n) is 5.33. The Labute approximate surface area is 173 Å². The highest BCUT2D eigenvalue weighted by molar-refractivity contribution is 5.98. The summed E-state index contributed by atoms with van der Waals surface area (Å²) in [7, 11) is 0. The summed E-state index contributed by atoms with van der Waals surface area (Å²) in [6.07, 6.45) is 2.59. The second-order valence-electron chi connectivity index (χ2n) is 7.35. The van der Waals surface area contributed by atoms with Crippen molar-refractivity contribution in [3.05, 3.63) is 71.3 Å². The van der Waals surface area contributed by atoms with Crippen LogP contribution in [0.25, 0.3) is 0 Å². The van der Waals surface area contributed by atoms with Gasteiger partial charge in [-0.05, 0) is 17.5 Å². The molecule has 2 atom stereocenters. The van der Waals surface area contributed by atoms with E-state index in [2.05, 4.69) is 19.1 Å². The molecule has 28 heavy (non-hydrogen) atoms. The van der Waals surface area contributed by atoms with Gasteiger partial charge in [0.25, 0.3) is 0 Å². The Hall–Kier alpha value is -2.17. The number of Topliss-reactive ketones (excluding diaryl/α,β-unsaturated/α-hetero) is 1. The molecule has 0 unspecified atom stereocenters. The van der Waals surface area contributed by atoms with Gasteiger partial charge >= 0.3 is 0 Å². The smallest absolute Gasteiger partial charge is 0.223 e. The normalized spacial score (nSPS) is 18.6. The monoisotopic (exact) mass is 400 g/mol. The molecule has 0 saturated carbocycles. The zero-order valence-electron chi connectivity index (χ0n) is 16.3. The average Bonchev–Trinajstić information content (AvgIpc) is 3.09. The maximum Gasteiger partial charge on any atom is 0.223 e. The number of nitrogens with two attached hydrogens (primary N) is 1. The summed E-state index contributed by atoms with van der Waals surface area (Å²) in [5.74, 6) is 0.200. The van der Waals surface area contributed by atoms with Gasteiger partial charge in [0, 0.05) is 43.5 Å². The van der Waals surface area contributed by atoms with Crippen molar-refractivity contribution >= 4 is 24.1 Å². The number of carbonyl (C=O) groups is 2. The number of ketones is 1. The molecule has 4 nitrogen and oxygen atoms in total. The number of nitrogens with zero attached hydrogens (tertiary/aromatic N) is 1. The summed E-state index contributed by atoms with van der Waals surface area (Å²) in [5, 5.41) is 0. The summed E-state index contributed by atoms with van der Waals surface area (Å²) in [6, 6.07) is 17.8. The van der Waals surface area contributed by atoms with Gasteiger partial charge < -0.3 is 10.6 Å². The van der Waals surface area contributed by atoms with Crippen LogP contribution in [-0.2, 0) is 11.2 Å². The third kappa shape index (κ3) is 5.43. The number of aryl methyl sites for hydroxylation is 1. The highest BCUT2D eigenvalue weighted by Crippen LogP contribution is 2.27. The lowest BCUT2D eigenvalue weighted by Gasteiger charge is -2.16. The van der Waals surface area contributed by atoms with E-state index in [9.17, 15) is 9.59 Å². The third-order valence-corrected chi connectivity index (χ3v) is 5.33. The van der Waals surface area contributed by atoms with Crippen molar-refractivity contribution in [1.82, 2.24) is 4.90 Å². The molecular formula is C23H29ClN2O2. The fourth-order valence-corrected chi connectivity index (χ4v) is 3.75. The van der Waals surface area contributed by atoms with E-state index >= 15 is 0 Å². The molecule has 0 bridgehead atoms. The van der Waals surface area contributed by atoms with E-state index in [1.165, 1.54) is 11.1 Å². The molecule has 0 aromatic heterocycles. The summed E-state index contributed by atoms with van der Waals surface area (Å²) < 4.78 is 0. The van der Waals surface area contributed by atoms with Crippen molar-refractivity contribution in [2.24, 2.45) is 5.73 Å². The largest absolute Gasteiger partial charge is 0.340 e. The molecule has 1 amide bonds. The molecule has 1 heterocycles. The number of benzene rings is 2. The minimum atomic E-state index is -0.0573. The maximum absolute atomic E-state index is 12.6. The van der Waals surface area contributed by atoms with Crippen LogP contribution in [0.4, 0.5) is 0 Å². The molecule has 3 rings (SSSR count). The summed E-state index contributed by atoms with van der Waals surface area (Å²) in [5.41, 5.74) is 9.36. The molecule has 2 aromatic rings. The first kappa shape index (κ1) is 22.1. The second kappa shape index (κ2) is 10.4. The topological polar surface area (TPSA) is 63.4 Å². The van der Waals surface area contributed by atoms with Crippen LogP contribution in [-0.4, -0.2) is 35.7 Å². The van der Waals surface area contributed by atoms with Gasteiger partial charge in [-0.3, -0.25) is 9.59 Å². The van der Waals surface area contributed by atoms with Crippen LogP contribution in [0.5, 0.6) is 0 Å². The Bertz CT molecular complexity index is 777. The Kier molecular flexibility index (Phi) is 8.21. The van der Waals surface area contributed by atoms with E-state index in [1.54, 1.807) is 4.90 Å². The molecule has 1 aliphatic heterocycles. The zero-order chi connectivity index (χ0) is 19.2. The number of hydrogen-bond donors (Lipinski definition) is 1. The van der Waals surface area contributed by atoms with Crippen LogP contribution in [0.3, 0.4) is 0 Å². The summed E-state index contributed by atoms with van der Waals surface area (Å²) >= 11 is 0. The Balaban J connectivity index is 0.00000280. The van der Waals surface area contributed by atoms with Crippen LogP contribution in [0.15, 0.2) is 54.6 Å². The molecule has 0 spiro atoms. The van der Waals surface area contributed by atoms with E-state index < -0.39 is 0 Å². The predicted octanol–water partition coefficient (Wildman–Crippen LogP) is 3.98. The van der Waals surface area contributed by atoms with Gasteiger partial charge in [0.05, 0.1) is 0 Å². The number of likely N-dealkylation sites (tertiary alicyclic amines) is 1. The number of carbonyl (C=O) groups excluding carboxylic acids is 2. The van der Waals surface area contributed by atoms with E-state index in [-0.39, 0.29) is 48.9 Å². The summed E-state index contributed by atoms with van der Waals surface area (Å²) in [4.78, 5) is 26.8. The van der Waals surface area contributed by atoms with Gasteiger partial charge in [-0.15, -0.1) is 12.4 Å². The van der Waals surface area contributed by atoms with Gasteiger partial charge in [0.2, 0.25) is 5.91 Å². The molecule has 2 aromatic carbocycles. The highest BCUT2D eigenvalue weighted by atomic mass is 35.5. The lowest BCUT2D eigenvalue weighted by Crippen LogP contribution is -2.32. The van der Waals surface area contributed by atoms with Gasteiger partial charge in [0.1, 0.15) is 0 Å². The number of rotatable bonds is 7. The standard InChI is InChI=1S/C23H28N2O2.ClH/c1-2-6-17-9-11-19(12-10-17)22(26)13-14-23(27)25-15-20(21(24)16-25)18-7-4-3-5-8-18;/h3-5,7-12,20-21H,2,6,13-16,24H2,1H3;1H/t20-,21+;/m0./s1. The highest BCUT2D eigenvalue weighted by Gasteiger charge is 2.33. The van der Waals surface area contributed by atoms with E-state index in [4.69, 9.17) is 5.73 Å². The van der Waals surface area contributed by atoms with Crippen LogP contribution in [0, 0.1) is 0 Å². The van der Waals surface area contributed by atoms with E-state index in [0.29, 0.717) is 18.7 Å². The maximum atomic E-state index is 12.6. The van der Waals surface area contributed by atoms with Crippen LogP contribution in [0.2, 0.25) is 0 Å². The molecule has 1 aliphatic rings. The quantitative estimate of drug-likeness (QED) is 0.715. The van der Waals surface area contributed by atoms with Crippen molar-refractivity contribution in [3.63, 3.8) is 0 Å². The Morgan fingerprint density at radius 2 is 1.68 bits per heavy atom. The van der Waals surface area contributed by atoms with Crippen molar-refractivity contribution in [2.75, 3.05) is 13.1 Å². The molecule has 0 radical (unpaired) electrons. The minimum absolute atomic E-state index is 0. The zero-order valence-corrected chi connectivity index (χ0v) is 17.2. The van der Waals surface area contributed by atoms with Gasteiger partial charge in [-0.1, -0.05) is 67.9 Å².